The molecule has 1 rings (SSSR count). The van der Waals surface area contributed by atoms with Gasteiger partial charge in [-0.25, -0.2) is 4.39 Å². The molecule has 0 radical (unpaired) electrons. The van der Waals surface area contributed by atoms with E-state index in [1.807, 2.05) is 0 Å². The molecule has 18 heavy (non-hydrogen) atoms. The second-order valence-corrected chi connectivity index (χ2v) is 4.95. The third-order valence-corrected chi connectivity index (χ3v) is 3.00. The molecular formula is C12H14BrFN2O2. The number of halogens is 2. The number of hydrogen-bond acceptors (Lipinski definition) is 2. The van der Waals surface area contributed by atoms with Gasteiger partial charge >= 0.3 is 0 Å². The minimum atomic E-state index is -0.641. The first-order valence-electron chi connectivity index (χ1n) is 5.38. The van der Waals surface area contributed by atoms with Crippen molar-refractivity contribution in [1.82, 2.24) is 4.90 Å². The molecule has 0 spiro atoms. The van der Waals surface area contributed by atoms with Crippen LogP contribution in [0.2, 0.25) is 0 Å². The molecule has 0 heterocycles. The van der Waals surface area contributed by atoms with Crippen LogP contribution < -0.4 is 5.73 Å². The van der Waals surface area contributed by atoms with Crippen molar-refractivity contribution in [2.24, 2.45) is 5.73 Å². The topological polar surface area (TPSA) is 63.4 Å². The molecule has 0 unspecified atom stereocenters. The third-order valence-electron chi connectivity index (χ3n) is 2.39. The molecule has 6 heteroatoms. The zero-order chi connectivity index (χ0) is 13.9. The summed E-state index contributed by atoms with van der Waals surface area (Å²) in [6, 6.07) is 4.19. The molecule has 0 aliphatic rings. The summed E-state index contributed by atoms with van der Waals surface area (Å²) in [5.74, 6) is -1.83. The Kier molecular flexibility index (Phi) is 4.84. The molecule has 0 saturated heterocycles. The van der Waals surface area contributed by atoms with Crippen LogP contribution in [0.4, 0.5) is 4.39 Å². The normalized spacial score (nSPS) is 10.5. The van der Waals surface area contributed by atoms with Crippen molar-refractivity contribution in [3.8, 4) is 0 Å². The second kappa shape index (κ2) is 5.95. The summed E-state index contributed by atoms with van der Waals surface area (Å²) in [5.41, 5.74) is 5.00. The third kappa shape index (κ3) is 3.29. The van der Waals surface area contributed by atoms with Gasteiger partial charge in [0.05, 0.1) is 16.6 Å². The van der Waals surface area contributed by atoms with E-state index in [2.05, 4.69) is 15.9 Å². The van der Waals surface area contributed by atoms with Crippen molar-refractivity contribution in [2.45, 2.75) is 19.9 Å². The van der Waals surface area contributed by atoms with E-state index in [-0.39, 0.29) is 22.6 Å². The standard InChI is InChI=1S/C12H14BrFN2O2/c1-7(2)16(6-10(15)17)12(18)8-4-3-5-9(13)11(8)14/h3-5,7H,6H2,1-2H3,(H2,15,17). The Hall–Kier alpha value is -1.43. The van der Waals surface area contributed by atoms with Crippen LogP contribution in [0.15, 0.2) is 22.7 Å². The van der Waals surface area contributed by atoms with Gasteiger partial charge in [0.2, 0.25) is 5.91 Å². The average molecular weight is 317 g/mol. The van der Waals surface area contributed by atoms with Gasteiger partial charge in [0.1, 0.15) is 5.82 Å². The highest BCUT2D eigenvalue weighted by Gasteiger charge is 2.23. The summed E-state index contributed by atoms with van der Waals surface area (Å²) in [5, 5.41) is 0. The van der Waals surface area contributed by atoms with E-state index >= 15 is 0 Å². The molecule has 1 aromatic rings. The SMILES string of the molecule is CC(C)N(CC(N)=O)C(=O)c1cccc(Br)c1F. The Balaban J connectivity index is 3.10. The van der Waals surface area contributed by atoms with Gasteiger partial charge in [0.25, 0.3) is 5.91 Å². The molecule has 0 fully saturated rings. The molecule has 0 aliphatic heterocycles. The first kappa shape index (κ1) is 14.6. The smallest absolute Gasteiger partial charge is 0.257 e. The average Bonchev–Trinajstić information content (AvgIpc) is 2.28. The second-order valence-electron chi connectivity index (χ2n) is 4.09. The van der Waals surface area contributed by atoms with E-state index in [1.54, 1.807) is 19.9 Å². The number of hydrogen-bond donors (Lipinski definition) is 1. The minimum Gasteiger partial charge on any atom is -0.368 e. The van der Waals surface area contributed by atoms with Crippen molar-refractivity contribution >= 4 is 27.7 Å². The molecule has 1 aromatic carbocycles. The number of benzene rings is 1. The van der Waals surface area contributed by atoms with Crippen LogP contribution in [-0.2, 0) is 4.79 Å². The van der Waals surface area contributed by atoms with Crippen LogP contribution in [0.5, 0.6) is 0 Å². The lowest BCUT2D eigenvalue weighted by Gasteiger charge is -2.25. The highest BCUT2D eigenvalue weighted by molar-refractivity contribution is 9.10. The number of rotatable bonds is 4. The maximum Gasteiger partial charge on any atom is 0.257 e. The van der Waals surface area contributed by atoms with E-state index in [0.717, 1.165) is 0 Å². The van der Waals surface area contributed by atoms with Gasteiger partial charge in [-0.1, -0.05) is 6.07 Å². The van der Waals surface area contributed by atoms with Crippen LogP contribution >= 0.6 is 15.9 Å². The van der Waals surface area contributed by atoms with Crippen LogP contribution in [0.3, 0.4) is 0 Å². The van der Waals surface area contributed by atoms with Crippen molar-refractivity contribution in [3.63, 3.8) is 0 Å². The largest absolute Gasteiger partial charge is 0.368 e. The summed E-state index contributed by atoms with van der Waals surface area (Å²) < 4.78 is 14.0. The van der Waals surface area contributed by atoms with E-state index in [1.165, 1.54) is 17.0 Å². The van der Waals surface area contributed by atoms with Gasteiger partial charge in [0.15, 0.2) is 0 Å². The number of carbonyl (C=O) groups is 2. The maximum atomic E-state index is 13.8. The van der Waals surface area contributed by atoms with Crippen molar-refractivity contribution < 1.29 is 14.0 Å². The molecule has 0 atom stereocenters. The van der Waals surface area contributed by atoms with Gasteiger partial charge in [-0.15, -0.1) is 0 Å². The van der Waals surface area contributed by atoms with Crippen LogP contribution in [0, 0.1) is 5.82 Å². The maximum absolute atomic E-state index is 13.8. The Morgan fingerprint density at radius 1 is 1.44 bits per heavy atom. The van der Waals surface area contributed by atoms with Crippen molar-refractivity contribution in [1.29, 1.82) is 0 Å². The van der Waals surface area contributed by atoms with Crippen LogP contribution in [-0.4, -0.2) is 29.3 Å². The molecule has 98 valence electrons. The van der Waals surface area contributed by atoms with Gasteiger partial charge < -0.3 is 10.6 Å². The van der Waals surface area contributed by atoms with E-state index in [0.29, 0.717) is 0 Å². The molecule has 0 bridgehead atoms. The zero-order valence-electron chi connectivity index (χ0n) is 10.1. The van der Waals surface area contributed by atoms with Crippen molar-refractivity contribution in [3.05, 3.63) is 34.1 Å². The predicted molar refractivity (Wildman–Crippen MR) is 69.5 cm³/mol. The first-order chi connectivity index (χ1) is 8.34. The van der Waals surface area contributed by atoms with Gasteiger partial charge in [0, 0.05) is 6.04 Å². The fourth-order valence-electron chi connectivity index (χ4n) is 1.48. The van der Waals surface area contributed by atoms with Gasteiger partial charge in [-0.3, -0.25) is 9.59 Å². The molecule has 0 saturated carbocycles. The lowest BCUT2D eigenvalue weighted by atomic mass is 10.1. The Labute approximate surface area is 113 Å². The lowest BCUT2D eigenvalue weighted by Crippen LogP contribution is -2.43. The summed E-state index contributed by atoms with van der Waals surface area (Å²) in [6.45, 7) is 3.23. The summed E-state index contributed by atoms with van der Waals surface area (Å²) in [4.78, 5) is 24.3. The van der Waals surface area contributed by atoms with Crippen LogP contribution in [0.25, 0.3) is 0 Å². The Morgan fingerprint density at radius 2 is 2.06 bits per heavy atom. The van der Waals surface area contributed by atoms with E-state index in [9.17, 15) is 14.0 Å². The number of primary amides is 1. The monoisotopic (exact) mass is 316 g/mol. The van der Waals surface area contributed by atoms with E-state index in [4.69, 9.17) is 5.73 Å². The number of amides is 2. The molecule has 4 nitrogen and oxygen atoms in total. The Morgan fingerprint density at radius 3 is 2.56 bits per heavy atom. The zero-order valence-corrected chi connectivity index (χ0v) is 11.7. The number of nitrogens with zero attached hydrogens (tertiary/aromatic N) is 1. The minimum absolute atomic E-state index is 0.0840. The number of carbonyl (C=O) groups excluding carboxylic acids is 2. The quantitative estimate of drug-likeness (QED) is 0.922. The van der Waals surface area contributed by atoms with Crippen LogP contribution in [0.1, 0.15) is 24.2 Å². The summed E-state index contributed by atoms with van der Waals surface area (Å²) in [7, 11) is 0. The molecule has 2 N–H and O–H groups in total. The van der Waals surface area contributed by atoms with Gasteiger partial charge in [-0.2, -0.15) is 0 Å². The molecule has 0 aromatic heterocycles. The fraction of sp³-hybridized carbons (Fsp3) is 0.333. The summed E-state index contributed by atoms with van der Waals surface area (Å²) >= 11 is 3.01. The van der Waals surface area contributed by atoms with Gasteiger partial charge in [-0.05, 0) is 41.9 Å². The number of nitrogens with two attached hydrogens (primary N) is 1. The highest BCUT2D eigenvalue weighted by Crippen LogP contribution is 2.20. The lowest BCUT2D eigenvalue weighted by molar-refractivity contribution is -0.119. The van der Waals surface area contributed by atoms with Crippen molar-refractivity contribution in [2.75, 3.05) is 6.54 Å². The predicted octanol–water partition coefficient (Wildman–Crippen LogP) is 1.92. The first-order valence-corrected chi connectivity index (χ1v) is 6.17. The molecule has 0 aliphatic carbocycles. The Bertz CT molecular complexity index is 477. The fourth-order valence-corrected chi connectivity index (χ4v) is 1.85. The molecular weight excluding hydrogens is 303 g/mol. The highest BCUT2D eigenvalue weighted by atomic mass is 79.9. The summed E-state index contributed by atoms with van der Waals surface area (Å²) in [6.07, 6.45) is 0. The van der Waals surface area contributed by atoms with E-state index < -0.39 is 17.6 Å². The molecule has 2 amide bonds.